The fraction of sp³-hybridized carbons (Fsp3) is 0.500. The summed E-state index contributed by atoms with van der Waals surface area (Å²) in [5, 5.41) is 0. The van der Waals surface area contributed by atoms with Crippen molar-refractivity contribution in [2.24, 2.45) is 0 Å². The fourth-order valence-corrected chi connectivity index (χ4v) is 1.25. The van der Waals surface area contributed by atoms with Crippen LogP contribution in [0.4, 0.5) is 0 Å². The van der Waals surface area contributed by atoms with Gasteiger partial charge < -0.3 is 0 Å². The number of cyclic esters (lactones) is 2. The Morgan fingerprint density at radius 1 is 1.62 bits per heavy atom. The zero-order chi connectivity index (χ0) is 6.15. The molecule has 0 aromatic rings. The van der Waals surface area contributed by atoms with E-state index >= 15 is 0 Å². The minimum atomic E-state index is -0.373. The molecule has 1 fully saturated rings. The second kappa shape index (κ2) is 2.10. The van der Waals surface area contributed by atoms with E-state index in [0.717, 1.165) is 25.1 Å². The normalized spacial score (nSPS) is 28.4. The molecule has 3 nitrogen and oxygen atoms in total. The summed E-state index contributed by atoms with van der Waals surface area (Å²) in [4.78, 5) is 20.6. The van der Waals surface area contributed by atoms with Gasteiger partial charge in [0.1, 0.15) is 0 Å². The minimum absolute atomic E-state index is 0.109. The Hall–Kier alpha value is 0.0361. The average molecular weight is 309 g/mol. The van der Waals surface area contributed by atoms with Crippen LogP contribution in [0, 0.1) is 0 Å². The summed E-state index contributed by atoms with van der Waals surface area (Å²) in [6.07, 6.45) is 0.298. The van der Waals surface area contributed by atoms with Gasteiger partial charge in [-0.1, -0.05) is 0 Å². The predicted molar refractivity (Wildman–Crippen MR) is 26.6 cm³/mol. The van der Waals surface area contributed by atoms with Gasteiger partial charge in [-0.25, -0.2) is 0 Å². The predicted octanol–water partition coefficient (Wildman–Crippen LogP) is -0.851. The molecule has 44 valence electrons. The van der Waals surface area contributed by atoms with Crippen LogP contribution in [0.5, 0.6) is 0 Å². The summed E-state index contributed by atoms with van der Waals surface area (Å²) < 4.78 is 4.11. The van der Waals surface area contributed by atoms with E-state index in [1.807, 2.05) is 0 Å². The van der Waals surface area contributed by atoms with Crippen LogP contribution in [-0.4, -0.2) is 37.0 Å². The molecule has 1 rings (SSSR count). The van der Waals surface area contributed by atoms with Gasteiger partial charge in [0.05, 0.1) is 0 Å². The van der Waals surface area contributed by atoms with Crippen LogP contribution in [0.15, 0.2) is 0 Å². The third-order valence-corrected chi connectivity index (χ3v) is 2.38. The number of esters is 2. The molecule has 1 aliphatic rings. The molecule has 8 heavy (non-hydrogen) atoms. The Labute approximate surface area is 61.5 Å². The molecule has 1 saturated heterocycles. The van der Waals surface area contributed by atoms with Crippen molar-refractivity contribution in [3.05, 3.63) is 0 Å². The summed E-state index contributed by atoms with van der Waals surface area (Å²) in [6.45, 7) is 0. The van der Waals surface area contributed by atoms with E-state index in [0.29, 0.717) is 6.42 Å². The van der Waals surface area contributed by atoms with Crippen LogP contribution in [-0.2, 0) is 14.3 Å². The first-order chi connectivity index (χ1) is 3.70. The molecule has 0 aromatic carbocycles. The van der Waals surface area contributed by atoms with Gasteiger partial charge in [0.25, 0.3) is 0 Å². The van der Waals surface area contributed by atoms with E-state index in [1.54, 1.807) is 0 Å². The summed E-state index contributed by atoms with van der Waals surface area (Å²) in [6, 6.07) is 0. The molecular weight excluding hydrogens is 305 g/mol. The molecule has 1 heterocycles. The van der Waals surface area contributed by atoms with Crippen molar-refractivity contribution in [2.45, 2.75) is 10.00 Å². The van der Waals surface area contributed by atoms with Crippen molar-refractivity contribution in [3.8, 4) is 0 Å². The van der Waals surface area contributed by atoms with Gasteiger partial charge in [-0.3, -0.25) is 0 Å². The molecule has 0 N–H and O–H groups in total. The molecule has 0 bridgehead atoms. The average Bonchev–Trinajstić information content (AvgIpc) is 1.85. The van der Waals surface area contributed by atoms with Crippen LogP contribution >= 0.6 is 0 Å². The van der Waals surface area contributed by atoms with Gasteiger partial charge in [0.15, 0.2) is 0 Å². The molecule has 4 heteroatoms. The SMILES string of the molecule is O=C1C[CH]([PoH])C(=O)O1. The summed E-state index contributed by atoms with van der Waals surface area (Å²) in [7, 11) is 0. The third-order valence-electron chi connectivity index (χ3n) is 0.847. The molecule has 1 atom stereocenters. The van der Waals surface area contributed by atoms with Crippen LogP contribution in [0.2, 0.25) is 3.58 Å². The maximum atomic E-state index is 10.4. The Morgan fingerprint density at radius 3 is 2.38 bits per heavy atom. The second-order valence-corrected chi connectivity index (χ2v) is 3.94. The van der Waals surface area contributed by atoms with Crippen molar-refractivity contribution in [2.75, 3.05) is 0 Å². The quantitative estimate of drug-likeness (QED) is 0.432. The standard InChI is InChI=1S/C4H3O3.Po.H/c5-3-1-2-4(6)7-3;;/h1H,2H2;;. The maximum absolute atomic E-state index is 10.4. The van der Waals surface area contributed by atoms with E-state index in [2.05, 4.69) is 4.74 Å². The Kier molecular flexibility index (Phi) is 1.62. The zero-order valence-corrected chi connectivity index (χ0v) is 7.43. The van der Waals surface area contributed by atoms with Crippen molar-refractivity contribution in [1.82, 2.24) is 0 Å². The van der Waals surface area contributed by atoms with Crippen molar-refractivity contribution >= 4 is 37.0 Å². The zero-order valence-electron chi connectivity index (χ0n) is 3.96. The van der Waals surface area contributed by atoms with Gasteiger partial charge in [-0.2, -0.15) is 0 Å². The van der Waals surface area contributed by atoms with Crippen LogP contribution < -0.4 is 0 Å². The number of ether oxygens (including phenoxy) is 1. The number of carbonyl (C=O) groups is 2. The first-order valence-electron chi connectivity index (χ1n) is 2.13. The van der Waals surface area contributed by atoms with E-state index < -0.39 is 0 Å². The molecule has 1 unspecified atom stereocenters. The number of rotatable bonds is 0. The Balaban J connectivity index is 2.64. The topological polar surface area (TPSA) is 43.4 Å². The summed E-state index contributed by atoms with van der Waals surface area (Å²) >= 11 is 0.918. The molecule has 1 aliphatic heterocycles. The number of hydrogen-bond donors (Lipinski definition) is 0. The Bertz CT molecular complexity index is 142. The van der Waals surface area contributed by atoms with Crippen molar-refractivity contribution < 1.29 is 14.3 Å². The van der Waals surface area contributed by atoms with Gasteiger partial charge in [-0.15, -0.1) is 0 Å². The van der Waals surface area contributed by atoms with Gasteiger partial charge in [0, 0.05) is 0 Å². The summed E-state index contributed by atoms with van der Waals surface area (Å²) in [5.74, 6) is -0.717. The monoisotopic (exact) mass is 309 g/mol. The first kappa shape index (κ1) is 6.16. The van der Waals surface area contributed by atoms with Crippen LogP contribution in [0.25, 0.3) is 0 Å². The molecule has 0 spiro atoms. The molecule has 0 radical (unpaired) electrons. The molecular formula is C4H4O3Po. The van der Waals surface area contributed by atoms with Crippen molar-refractivity contribution in [3.63, 3.8) is 0 Å². The number of carbonyl (C=O) groups excluding carboxylic acids is 2. The van der Waals surface area contributed by atoms with Crippen molar-refractivity contribution in [1.29, 1.82) is 0 Å². The van der Waals surface area contributed by atoms with Gasteiger partial charge in [-0.05, 0) is 0 Å². The van der Waals surface area contributed by atoms with E-state index in [4.69, 9.17) is 0 Å². The fourth-order valence-electron chi connectivity index (χ4n) is 0.463. The molecule has 0 aromatic heterocycles. The molecule has 0 saturated carbocycles. The van der Waals surface area contributed by atoms with Crippen LogP contribution in [0.1, 0.15) is 6.42 Å². The molecule has 0 aliphatic carbocycles. The van der Waals surface area contributed by atoms with E-state index in [9.17, 15) is 9.59 Å². The third kappa shape index (κ3) is 1.06. The number of hydrogen-bond acceptors (Lipinski definition) is 3. The van der Waals surface area contributed by atoms with E-state index in [1.165, 1.54) is 0 Å². The summed E-state index contributed by atoms with van der Waals surface area (Å²) in [5.41, 5.74) is 0. The Morgan fingerprint density at radius 2 is 2.25 bits per heavy atom. The van der Waals surface area contributed by atoms with Gasteiger partial charge >= 0.3 is 61.3 Å². The van der Waals surface area contributed by atoms with Gasteiger partial charge in [0.2, 0.25) is 0 Å². The van der Waals surface area contributed by atoms with Crippen LogP contribution in [0.3, 0.4) is 0 Å². The van der Waals surface area contributed by atoms with E-state index in [-0.39, 0.29) is 15.5 Å². The second-order valence-electron chi connectivity index (χ2n) is 1.51. The first-order valence-corrected chi connectivity index (χ1v) is 4.13. The molecule has 0 amide bonds.